The highest BCUT2D eigenvalue weighted by molar-refractivity contribution is 6.45. The number of nitrogens with one attached hydrogen (secondary N) is 1. The van der Waals surface area contributed by atoms with Crippen LogP contribution in [0.25, 0.3) is 0 Å². The van der Waals surface area contributed by atoms with Gasteiger partial charge in [0.25, 0.3) is 5.91 Å². The van der Waals surface area contributed by atoms with Gasteiger partial charge in [0.1, 0.15) is 11.3 Å². The molecule has 0 radical (unpaired) electrons. The van der Waals surface area contributed by atoms with Crippen LogP contribution in [-0.2, 0) is 11.3 Å². The fourth-order valence-electron chi connectivity index (χ4n) is 2.78. The van der Waals surface area contributed by atoms with Crippen molar-refractivity contribution in [3.05, 3.63) is 56.5 Å². The van der Waals surface area contributed by atoms with Crippen LogP contribution in [0.1, 0.15) is 28.8 Å². The van der Waals surface area contributed by atoms with Crippen LogP contribution in [0.5, 0.6) is 5.75 Å². The number of hydrogen-bond acceptors (Lipinski definition) is 3. The molecule has 2 amide bonds. The Morgan fingerprint density at radius 3 is 2.46 bits per heavy atom. The van der Waals surface area contributed by atoms with Gasteiger partial charge < -0.3 is 15.3 Å². The van der Waals surface area contributed by atoms with Gasteiger partial charge >= 0.3 is 0 Å². The molecule has 0 bridgehead atoms. The molecule has 1 heterocycles. The smallest absolute Gasteiger partial charge is 0.256 e. The van der Waals surface area contributed by atoms with Crippen molar-refractivity contribution in [1.82, 2.24) is 5.32 Å². The van der Waals surface area contributed by atoms with Gasteiger partial charge in [-0.25, -0.2) is 0 Å². The Labute approximate surface area is 165 Å². The van der Waals surface area contributed by atoms with Crippen molar-refractivity contribution in [2.75, 3.05) is 11.4 Å². The lowest BCUT2D eigenvalue weighted by Gasteiger charge is -2.16. The quantitative estimate of drug-likeness (QED) is 0.730. The summed E-state index contributed by atoms with van der Waals surface area (Å²) in [5, 5.41) is 12.6. The molecule has 1 fully saturated rings. The summed E-state index contributed by atoms with van der Waals surface area (Å²) in [6.07, 6.45) is 1.44. The number of halogens is 3. The first-order valence-electron chi connectivity index (χ1n) is 7.92. The highest BCUT2D eigenvalue weighted by atomic mass is 35.5. The number of rotatable bonds is 4. The first kappa shape index (κ1) is 18.8. The molecule has 0 atom stereocenters. The first-order valence-corrected chi connectivity index (χ1v) is 9.06. The van der Waals surface area contributed by atoms with E-state index in [0.29, 0.717) is 6.42 Å². The summed E-state index contributed by atoms with van der Waals surface area (Å²) in [6, 6.07) is 8.61. The number of hydrogen-bond donors (Lipinski definition) is 2. The third-order valence-corrected chi connectivity index (χ3v) is 5.22. The van der Waals surface area contributed by atoms with E-state index < -0.39 is 11.7 Å². The molecule has 1 aliphatic rings. The highest BCUT2D eigenvalue weighted by Crippen LogP contribution is 2.38. The zero-order valence-corrected chi connectivity index (χ0v) is 15.8. The van der Waals surface area contributed by atoms with Gasteiger partial charge in [-0.05, 0) is 30.2 Å². The average Bonchev–Trinajstić information content (AvgIpc) is 3.05. The molecule has 0 saturated carbocycles. The van der Waals surface area contributed by atoms with E-state index in [0.717, 1.165) is 24.2 Å². The summed E-state index contributed by atoms with van der Waals surface area (Å²) in [5.74, 6) is -0.883. The van der Waals surface area contributed by atoms with Gasteiger partial charge in [0.05, 0.1) is 15.1 Å². The second kappa shape index (κ2) is 7.74. The number of benzene rings is 2. The average molecular weight is 414 g/mol. The second-order valence-electron chi connectivity index (χ2n) is 5.88. The summed E-state index contributed by atoms with van der Waals surface area (Å²) >= 11 is 17.7. The number of anilines is 1. The third-order valence-electron chi connectivity index (χ3n) is 4.15. The second-order valence-corrected chi connectivity index (χ2v) is 7.07. The third kappa shape index (κ3) is 3.75. The highest BCUT2D eigenvalue weighted by Gasteiger charge is 2.22. The standard InChI is InChI=1S/C18H15Cl3N2O3/c19-12-8-13(20)17(25)15(16(12)21)18(26)22-9-10-3-5-11(6-4-10)23-7-1-2-14(23)24/h3-6,8,25H,1-2,7,9H2,(H,22,26). The number of aromatic hydroxyl groups is 1. The van der Waals surface area contributed by atoms with E-state index >= 15 is 0 Å². The van der Waals surface area contributed by atoms with E-state index in [1.165, 1.54) is 6.07 Å². The zero-order valence-electron chi connectivity index (χ0n) is 13.6. The number of phenols is 1. The predicted octanol–water partition coefficient (Wildman–Crippen LogP) is 4.41. The van der Waals surface area contributed by atoms with E-state index in [1.807, 2.05) is 24.3 Å². The lowest BCUT2D eigenvalue weighted by Crippen LogP contribution is -2.24. The molecule has 136 valence electrons. The van der Waals surface area contributed by atoms with Crippen molar-refractivity contribution >= 4 is 52.3 Å². The van der Waals surface area contributed by atoms with Crippen molar-refractivity contribution in [3.63, 3.8) is 0 Å². The maximum absolute atomic E-state index is 12.4. The summed E-state index contributed by atoms with van der Waals surface area (Å²) in [6.45, 7) is 0.940. The van der Waals surface area contributed by atoms with Crippen LogP contribution in [0.3, 0.4) is 0 Å². The molecular weight excluding hydrogens is 399 g/mol. The number of phenolic OH excluding ortho intramolecular Hbond substituents is 1. The maximum atomic E-state index is 12.4. The molecule has 0 aliphatic carbocycles. The Hall–Kier alpha value is -1.95. The minimum absolute atomic E-state index is 0.0517. The van der Waals surface area contributed by atoms with E-state index in [4.69, 9.17) is 34.8 Å². The van der Waals surface area contributed by atoms with E-state index in [9.17, 15) is 14.7 Å². The number of nitrogens with zero attached hydrogens (tertiary/aromatic N) is 1. The molecule has 3 rings (SSSR count). The predicted molar refractivity (Wildman–Crippen MR) is 102 cm³/mol. The molecule has 1 saturated heterocycles. The maximum Gasteiger partial charge on any atom is 0.256 e. The number of carbonyl (C=O) groups is 2. The minimum Gasteiger partial charge on any atom is -0.505 e. The van der Waals surface area contributed by atoms with E-state index in [1.54, 1.807) is 4.90 Å². The van der Waals surface area contributed by atoms with Crippen molar-refractivity contribution in [2.24, 2.45) is 0 Å². The molecule has 26 heavy (non-hydrogen) atoms. The lowest BCUT2D eigenvalue weighted by molar-refractivity contribution is -0.117. The Morgan fingerprint density at radius 1 is 1.15 bits per heavy atom. The Balaban J connectivity index is 1.70. The molecule has 5 nitrogen and oxygen atoms in total. The fraction of sp³-hybridized carbons (Fsp3) is 0.222. The molecular formula is C18H15Cl3N2O3. The molecule has 8 heteroatoms. The zero-order chi connectivity index (χ0) is 18.8. The Kier molecular flexibility index (Phi) is 5.61. The van der Waals surface area contributed by atoms with Crippen LogP contribution in [0.4, 0.5) is 5.69 Å². The van der Waals surface area contributed by atoms with Crippen molar-refractivity contribution in [1.29, 1.82) is 0 Å². The van der Waals surface area contributed by atoms with Crippen LogP contribution >= 0.6 is 34.8 Å². The van der Waals surface area contributed by atoms with Crippen LogP contribution in [0.15, 0.2) is 30.3 Å². The Morgan fingerprint density at radius 2 is 1.85 bits per heavy atom. The molecule has 0 spiro atoms. The first-order chi connectivity index (χ1) is 12.4. The molecule has 2 N–H and O–H groups in total. The van der Waals surface area contributed by atoms with Crippen LogP contribution in [0, 0.1) is 0 Å². The van der Waals surface area contributed by atoms with Gasteiger partial charge in [-0.1, -0.05) is 46.9 Å². The summed E-state index contributed by atoms with van der Waals surface area (Å²) in [7, 11) is 0. The molecule has 2 aromatic rings. The molecule has 0 unspecified atom stereocenters. The monoisotopic (exact) mass is 412 g/mol. The van der Waals surface area contributed by atoms with Crippen molar-refractivity contribution in [3.8, 4) is 5.75 Å². The van der Waals surface area contributed by atoms with Crippen LogP contribution < -0.4 is 10.2 Å². The SMILES string of the molecule is O=C(NCc1ccc(N2CCCC2=O)cc1)c1c(O)c(Cl)cc(Cl)c1Cl. The Bertz CT molecular complexity index is 843. The van der Waals surface area contributed by atoms with Gasteiger partial charge in [-0.2, -0.15) is 0 Å². The summed E-state index contributed by atoms with van der Waals surface area (Å²) < 4.78 is 0. The van der Waals surface area contributed by atoms with Gasteiger partial charge in [0.2, 0.25) is 5.91 Å². The molecule has 1 aliphatic heterocycles. The number of amides is 2. The largest absolute Gasteiger partial charge is 0.505 e. The lowest BCUT2D eigenvalue weighted by atomic mass is 10.1. The van der Waals surface area contributed by atoms with Gasteiger partial charge in [-0.15, -0.1) is 0 Å². The van der Waals surface area contributed by atoms with E-state index in [2.05, 4.69) is 5.32 Å². The summed E-state index contributed by atoms with van der Waals surface area (Å²) in [4.78, 5) is 25.9. The van der Waals surface area contributed by atoms with Gasteiger partial charge in [0.15, 0.2) is 0 Å². The van der Waals surface area contributed by atoms with Gasteiger partial charge in [0, 0.05) is 25.2 Å². The summed E-state index contributed by atoms with van der Waals surface area (Å²) in [5.41, 5.74) is 1.51. The van der Waals surface area contributed by atoms with Crippen LogP contribution in [0.2, 0.25) is 15.1 Å². The van der Waals surface area contributed by atoms with Gasteiger partial charge in [-0.3, -0.25) is 9.59 Å². The topological polar surface area (TPSA) is 69.6 Å². The molecule has 0 aromatic heterocycles. The van der Waals surface area contributed by atoms with Crippen LogP contribution in [-0.4, -0.2) is 23.5 Å². The fourth-order valence-corrected chi connectivity index (χ4v) is 3.47. The minimum atomic E-state index is -0.587. The number of carbonyl (C=O) groups excluding carboxylic acids is 2. The molecule has 2 aromatic carbocycles. The van der Waals surface area contributed by atoms with Crippen molar-refractivity contribution < 1.29 is 14.7 Å². The van der Waals surface area contributed by atoms with E-state index in [-0.39, 0.29) is 33.1 Å². The normalized spacial score (nSPS) is 14.0. The van der Waals surface area contributed by atoms with Crippen molar-refractivity contribution in [2.45, 2.75) is 19.4 Å².